The summed E-state index contributed by atoms with van der Waals surface area (Å²) in [6.45, 7) is 5.98. The van der Waals surface area contributed by atoms with Gasteiger partial charge in [-0.15, -0.1) is 0 Å². The van der Waals surface area contributed by atoms with Crippen molar-refractivity contribution in [3.63, 3.8) is 0 Å². The van der Waals surface area contributed by atoms with Gasteiger partial charge in [0.25, 0.3) is 0 Å². The molecular weight excluding hydrogens is 240 g/mol. The summed E-state index contributed by atoms with van der Waals surface area (Å²) < 4.78 is 10.9. The molecule has 0 unspecified atom stereocenters. The summed E-state index contributed by atoms with van der Waals surface area (Å²) in [6, 6.07) is 0. The molecule has 2 saturated carbocycles. The van der Waals surface area contributed by atoms with Crippen molar-refractivity contribution >= 4 is 5.97 Å². The van der Waals surface area contributed by atoms with Crippen LogP contribution in [-0.4, -0.2) is 19.2 Å². The molecule has 4 atom stereocenters. The van der Waals surface area contributed by atoms with Gasteiger partial charge in [0.1, 0.15) is 13.2 Å². The molecule has 19 heavy (non-hydrogen) atoms. The van der Waals surface area contributed by atoms with Crippen LogP contribution in [0.2, 0.25) is 0 Å². The fourth-order valence-electron chi connectivity index (χ4n) is 4.12. The molecule has 0 N–H and O–H groups in total. The minimum Gasteiger partial charge on any atom is -0.494 e. The van der Waals surface area contributed by atoms with Gasteiger partial charge in [0, 0.05) is 11.5 Å². The first-order chi connectivity index (χ1) is 9.16. The number of hydrogen-bond acceptors (Lipinski definition) is 3. The van der Waals surface area contributed by atoms with Gasteiger partial charge < -0.3 is 9.47 Å². The number of carbonyl (C=O) groups excluding carboxylic acids is 1. The van der Waals surface area contributed by atoms with Gasteiger partial charge in [0.15, 0.2) is 0 Å². The van der Waals surface area contributed by atoms with Crippen LogP contribution in [-0.2, 0) is 14.3 Å². The predicted octanol–water partition coefficient (Wildman–Crippen LogP) is 3.07. The first-order valence-electron chi connectivity index (χ1n) is 7.34. The normalized spacial score (nSPS) is 34.9. The minimum atomic E-state index is -0.332. The maximum Gasteiger partial charge on any atom is 0.333 e. The van der Waals surface area contributed by atoms with Crippen LogP contribution >= 0.6 is 0 Å². The summed E-state index contributed by atoms with van der Waals surface area (Å²) in [7, 11) is 0. The van der Waals surface area contributed by atoms with Gasteiger partial charge in [-0.3, -0.25) is 0 Å². The Balaban J connectivity index is 1.45. The highest BCUT2D eigenvalue weighted by Gasteiger charge is 2.50. The predicted molar refractivity (Wildman–Crippen MR) is 72.2 cm³/mol. The Morgan fingerprint density at radius 1 is 1.37 bits per heavy atom. The second-order valence-electron chi connectivity index (χ2n) is 6.10. The molecule has 0 spiro atoms. The van der Waals surface area contributed by atoms with E-state index < -0.39 is 0 Å². The van der Waals surface area contributed by atoms with Crippen LogP contribution in [0.15, 0.2) is 24.0 Å². The first kappa shape index (κ1) is 12.8. The zero-order valence-electron chi connectivity index (χ0n) is 11.6. The number of allylic oxidation sites excluding steroid dienone is 2. The average Bonchev–Trinajstić information content (AvgIpc) is 3.05. The van der Waals surface area contributed by atoms with Gasteiger partial charge in [0.05, 0.1) is 5.76 Å². The molecule has 3 nitrogen and oxygen atoms in total. The molecule has 104 valence electrons. The van der Waals surface area contributed by atoms with Crippen molar-refractivity contribution in [1.29, 1.82) is 0 Å². The Bertz CT molecular complexity index is 424. The van der Waals surface area contributed by atoms with Crippen LogP contribution in [0, 0.1) is 23.7 Å². The molecular formula is C16H22O3. The molecule has 2 bridgehead atoms. The van der Waals surface area contributed by atoms with Crippen molar-refractivity contribution in [3.05, 3.63) is 24.0 Å². The third kappa shape index (κ3) is 2.31. The van der Waals surface area contributed by atoms with Crippen molar-refractivity contribution in [2.75, 3.05) is 13.2 Å². The van der Waals surface area contributed by atoms with E-state index in [1.165, 1.54) is 31.4 Å². The second kappa shape index (κ2) is 5.03. The fourth-order valence-corrected chi connectivity index (χ4v) is 4.12. The SMILES string of the molecule is C=C(C)C(=O)OCCOC1=C[C@H]2C[C@H]1[C@@H]1CCC[C@@H]12. The van der Waals surface area contributed by atoms with E-state index in [0.29, 0.717) is 24.7 Å². The molecule has 3 aliphatic carbocycles. The summed E-state index contributed by atoms with van der Waals surface area (Å²) in [5.41, 5.74) is 0.438. The summed E-state index contributed by atoms with van der Waals surface area (Å²) >= 11 is 0. The molecule has 0 saturated heterocycles. The number of carbonyl (C=O) groups is 1. The topological polar surface area (TPSA) is 35.5 Å². The number of ether oxygens (including phenoxy) is 2. The van der Waals surface area contributed by atoms with Crippen molar-refractivity contribution < 1.29 is 14.3 Å². The van der Waals surface area contributed by atoms with Crippen LogP contribution in [0.3, 0.4) is 0 Å². The van der Waals surface area contributed by atoms with Crippen LogP contribution in [0.4, 0.5) is 0 Å². The van der Waals surface area contributed by atoms with E-state index in [1.54, 1.807) is 6.92 Å². The van der Waals surface area contributed by atoms with Crippen LogP contribution < -0.4 is 0 Å². The summed E-state index contributed by atoms with van der Waals surface area (Å²) in [5.74, 6) is 4.03. The monoisotopic (exact) mass is 262 g/mol. The van der Waals surface area contributed by atoms with Crippen molar-refractivity contribution in [2.45, 2.75) is 32.6 Å². The molecule has 0 aromatic rings. The lowest BCUT2D eigenvalue weighted by Gasteiger charge is -2.25. The maximum absolute atomic E-state index is 11.2. The van der Waals surface area contributed by atoms with E-state index in [4.69, 9.17) is 9.47 Å². The highest BCUT2D eigenvalue weighted by molar-refractivity contribution is 5.86. The van der Waals surface area contributed by atoms with Gasteiger partial charge >= 0.3 is 5.97 Å². The van der Waals surface area contributed by atoms with Crippen molar-refractivity contribution in [2.24, 2.45) is 23.7 Å². The number of hydrogen-bond donors (Lipinski definition) is 0. The zero-order valence-corrected chi connectivity index (χ0v) is 11.6. The van der Waals surface area contributed by atoms with Crippen LogP contribution in [0.5, 0.6) is 0 Å². The van der Waals surface area contributed by atoms with Crippen LogP contribution in [0.1, 0.15) is 32.6 Å². The smallest absolute Gasteiger partial charge is 0.333 e. The molecule has 0 radical (unpaired) electrons. The molecule has 3 rings (SSSR count). The van der Waals surface area contributed by atoms with E-state index in [-0.39, 0.29) is 5.97 Å². The minimum absolute atomic E-state index is 0.314. The lowest BCUT2D eigenvalue weighted by Crippen LogP contribution is -2.19. The van der Waals surface area contributed by atoms with Crippen molar-refractivity contribution in [1.82, 2.24) is 0 Å². The first-order valence-corrected chi connectivity index (χ1v) is 7.34. The quantitative estimate of drug-likeness (QED) is 0.434. The third-order valence-corrected chi connectivity index (χ3v) is 4.90. The van der Waals surface area contributed by atoms with Gasteiger partial charge in [-0.2, -0.15) is 0 Å². The molecule has 0 aliphatic heterocycles. The third-order valence-electron chi connectivity index (χ3n) is 4.90. The number of fused-ring (bicyclic) bond motifs is 5. The van der Waals surface area contributed by atoms with Gasteiger partial charge in [-0.05, 0) is 50.0 Å². The lowest BCUT2D eigenvalue weighted by atomic mass is 9.85. The Morgan fingerprint density at radius 3 is 2.95 bits per heavy atom. The molecule has 0 heterocycles. The van der Waals surface area contributed by atoms with Gasteiger partial charge in [-0.1, -0.05) is 13.0 Å². The van der Waals surface area contributed by atoms with E-state index in [9.17, 15) is 4.79 Å². The lowest BCUT2D eigenvalue weighted by molar-refractivity contribution is -0.140. The molecule has 0 aromatic carbocycles. The molecule has 0 aromatic heterocycles. The summed E-state index contributed by atoms with van der Waals surface area (Å²) in [5, 5.41) is 0. The Labute approximate surface area is 114 Å². The van der Waals surface area contributed by atoms with Crippen molar-refractivity contribution in [3.8, 4) is 0 Å². The summed E-state index contributed by atoms with van der Waals surface area (Å²) in [4.78, 5) is 11.2. The highest BCUT2D eigenvalue weighted by atomic mass is 16.6. The Hall–Kier alpha value is -1.25. The molecule has 0 amide bonds. The standard InChI is InChI=1S/C16H22O3/c1-10(2)16(17)19-7-6-18-15-9-11-8-14(15)13-5-3-4-12(11)13/h9,11-14H,1,3-8H2,2H3/t11-,12-,13-,14+/m1/s1. The zero-order chi connectivity index (χ0) is 13.4. The number of rotatable bonds is 5. The van der Waals surface area contributed by atoms with E-state index in [2.05, 4.69) is 12.7 Å². The van der Waals surface area contributed by atoms with Gasteiger partial charge in [0.2, 0.25) is 0 Å². The average molecular weight is 262 g/mol. The molecule has 3 aliphatic rings. The number of esters is 1. The second-order valence-corrected chi connectivity index (χ2v) is 6.10. The Kier molecular flexibility index (Phi) is 3.38. The van der Waals surface area contributed by atoms with Gasteiger partial charge in [-0.25, -0.2) is 4.79 Å². The maximum atomic E-state index is 11.2. The van der Waals surface area contributed by atoms with E-state index >= 15 is 0 Å². The fraction of sp³-hybridized carbons (Fsp3) is 0.688. The van der Waals surface area contributed by atoms with E-state index in [1.807, 2.05) is 0 Å². The van der Waals surface area contributed by atoms with Crippen LogP contribution in [0.25, 0.3) is 0 Å². The summed E-state index contributed by atoms with van der Waals surface area (Å²) in [6.07, 6.45) is 7.79. The molecule has 3 heteroatoms. The molecule has 2 fully saturated rings. The Morgan fingerprint density at radius 2 is 2.16 bits per heavy atom. The van der Waals surface area contributed by atoms with E-state index in [0.717, 1.165) is 17.8 Å². The highest BCUT2D eigenvalue weighted by Crippen LogP contribution is 2.58. The largest absolute Gasteiger partial charge is 0.494 e.